The average Bonchev–Trinajstić information content (AvgIpc) is 2.70. The summed E-state index contributed by atoms with van der Waals surface area (Å²) in [6, 6.07) is 5.27. The molecule has 1 atom stereocenters. The van der Waals surface area contributed by atoms with Crippen molar-refractivity contribution < 1.29 is 0 Å². The molecule has 1 aromatic carbocycles. The van der Waals surface area contributed by atoms with E-state index >= 15 is 0 Å². The van der Waals surface area contributed by atoms with Gasteiger partial charge in [0.15, 0.2) is 0 Å². The lowest BCUT2D eigenvalue weighted by Gasteiger charge is -2.28. The lowest BCUT2D eigenvalue weighted by Crippen LogP contribution is -2.28. The summed E-state index contributed by atoms with van der Waals surface area (Å²) in [7, 11) is 0. The third-order valence-electron chi connectivity index (χ3n) is 4.61. The molecule has 1 unspecified atom stereocenters. The second-order valence-corrected chi connectivity index (χ2v) is 7.05. The van der Waals surface area contributed by atoms with Gasteiger partial charge >= 0.3 is 0 Å². The minimum atomic E-state index is 0.531. The van der Waals surface area contributed by atoms with Crippen molar-refractivity contribution in [1.82, 2.24) is 5.32 Å². The van der Waals surface area contributed by atoms with Crippen molar-refractivity contribution in [1.29, 1.82) is 0 Å². The number of hydrogen-bond acceptors (Lipinski definition) is 1. The predicted molar refractivity (Wildman–Crippen MR) is 91.2 cm³/mol. The maximum absolute atomic E-state index is 3.75. The molecule has 1 aromatic rings. The van der Waals surface area contributed by atoms with E-state index in [0.717, 1.165) is 12.5 Å². The van der Waals surface area contributed by atoms with Crippen molar-refractivity contribution in [3.05, 3.63) is 33.3 Å². The molecule has 0 aromatic heterocycles. The van der Waals surface area contributed by atoms with Gasteiger partial charge in [0, 0.05) is 10.5 Å². The minimum Gasteiger partial charge on any atom is -0.310 e. The van der Waals surface area contributed by atoms with Crippen LogP contribution in [0, 0.1) is 19.8 Å². The second kappa shape index (κ2) is 7.61. The Hall–Kier alpha value is -0.340. The maximum Gasteiger partial charge on any atom is 0.0348 e. The van der Waals surface area contributed by atoms with E-state index in [1.807, 2.05) is 0 Å². The molecule has 1 saturated carbocycles. The summed E-state index contributed by atoms with van der Waals surface area (Å²) in [5, 5.41) is 3.75. The van der Waals surface area contributed by atoms with Crippen molar-refractivity contribution in [3.8, 4) is 0 Å². The van der Waals surface area contributed by atoms with Gasteiger partial charge in [0.25, 0.3) is 0 Å². The Bertz CT molecular complexity index is 410. The molecule has 2 heteroatoms. The van der Waals surface area contributed by atoms with Crippen molar-refractivity contribution in [2.45, 2.75) is 65.3 Å². The first kappa shape index (κ1) is 16.0. The van der Waals surface area contributed by atoms with Crippen molar-refractivity contribution in [2.24, 2.45) is 5.92 Å². The van der Waals surface area contributed by atoms with E-state index < -0.39 is 0 Å². The van der Waals surface area contributed by atoms with Crippen molar-refractivity contribution in [2.75, 3.05) is 6.54 Å². The van der Waals surface area contributed by atoms with Gasteiger partial charge in [0.05, 0.1) is 0 Å². The number of halogens is 1. The highest BCUT2D eigenvalue weighted by molar-refractivity contribution is 9.10. The van der Waals surface area contributed by atoms with Crippen LogP contribution in [-0.4, -0.2) is 6.54 Å². The summed E-state index contributed by atoms with van der Waals surface area (Å²) in [5.74, 6) is 0.803. The minimum absolute atomic E-state index is 0.531. The highest BCUT2D eigenvalue weighted by Gasteiger charge is 2.24. The maximum atomic E-state index is 3.75. The molecule has 112 valence electrons. The summed E-state index contributed by atoms with van der Waals surface area (Å²) in [6.07, 6.45) is 8.42. The van der Waals surface area contributed by atoms with E-state index in [9.17, 15) is 0 Å². The van der Waals surface area contributed by atoms with E-state index in [0.29, 0.717) is 6.04 Å². The Morgan fingerprint density at radius 3 is 2.15 bits per heavy atom. The Morgan fingerprint density at radius 1 is 1.10 bits per heavy atom. The molecule has 1 N–H and O–H groups in total. The lowest BCUT2D eigenvalue weighted by molar-refractivity contribution is 0.330. The highest BCUT2D eigenvalue weighted by Crippen LogP contribution is 2.35. The predicted octanol–water partition coefficient (Wildman–Crippen LogP) is 5.69. The van der Waals surface area contributed by atoms with Gasteiger partial charge in [-0.2, -0.15) is 0 Å². The van der Waals surface area contributed by atoms with Crippen LogP contribution in [-0.2, 0) is 0 Å². The summed E-state index contributed by atoms with van der Waals surface area (Å²) >= 11 is 3.69. The van der Waals surface area contributed by atoms with Crippen LogP contribution in [0.1, 0.15) is 68.2 Å². The number of rotatable bonds is 4. The van der Waals surface area contributed by atoms with Crippen LogP contribution >= 0.6 is 15.9 Å². The lowest BCUT2D eigenvalue weighted by atomic mass is 9.86. The Kier molecular flexibility index (Phi) is 6.10. The molecule has 0 aliphatic heterocycles. The van der Waals surface area contributed by atoms with Gasteiger partial charge in [-0.05, 0) is 55.8 Å². The number of hydrogen-bond donors (Lipinski definition) is 1. The van der Waals surface area contributed by atoms with E-state index in [-0.39, 0.29) is 0 Å². The van der Waals surface area contributed by atoms with Crippen LogP contribution in [0.25, 0.3) is 0 Å². The first-order valence-electron chi connectivity index (χ1n) is 8.13. The summed E-state index contributed by atoms with van der Waals surface area (Å²) in [6.45, 7) is 7.69. The van der Waals surface area contributed by atoms with E-state index in [4.69, 9.17) is 0 Å². The largest absolute Gasteiger partial charge is 0.310 e. The molecule has 1 fully saturated rings. The molecular formula is C18H28BrN. The van der Waals surface area contributed by atoms with Crippen LogP contribution in [0.4, 0.5) is 0 Å². The van der Waals surface area contributed by atoms with Crippen LogP contribution < -0.4 is 5.32 Å². The summed E-state index contributed by atoms with van der Waals surface area (Å²) in [4.78, 5) is 0. The quantitative estimate of drug-likeness (QED) is 0.696. The first-order chi connectivity index (χ1) is 9.63. The van der Waals surface area contributed by atoms with Crippen LogP contribution in [0.15, 0.2) is 16.6 Å². The number of nitrogens with one attached hydrogen (secondary N) is 1. The SMILES string of the molecule is CCNC(c1cc(C)c(Br)c(C)c1)C1CCCCCC1. The van der Waals surface area contributed by atoms with Crippen LogP contribution in [0.3, 0.4) is 0 Å². The third-order valence-corrected chi connectivity index (χ3v) is 5.86. The summed E-state index contributed by atoms with van der Waals surface area (Å²) < 4.78 is 1.26. The molecule has 0 radical (unpaired) electrons. The van der Waals surface area contributed by atoms with Gasteiger partial charge in [-0.1, -0.05) is 60.7 Å². The molecule has 2 rings (SSSR count). The van der Waals surface area contributed by atoms with Crippen molar-refractivity contribution in [3.63, 3.8) is 0 Å². The third kappa shape index (κ3) is 3.85. The molecule has 0 heterocycles. The van der Waals surface area contributed by atoms with Crippen LogP contribution in [0.2, 0.25) is 0 Å². The standard InChI is InChI=1S/C18H28BrN/c1-4-20-18(15-9-7-5-6-8-10-15)16-11-13(2)17(19)14(3)12-16/h11-12,15,18,20H,4-10H2,1-3H3. The molecule has 0 amide bonds. The number of benzene rings is 1. The molecule has 1 aliphatic carbocycles. The fourth-order valence-electron chi connectivity index (χ4n) is 3.58. The normalized spacial score (nSPS) is 18.8. The second-order valence-electron chi connectivity index (χ2n) is 6.26. The van der Waals surface area contributed by atoms with Gasteiger partial charge in [-0.25, -0.2) is 0 Å². The van der Waals surface area contributed by atoms with Crippen LogP contribution in [0.5, 0.6) is 0 Å². The van der Waals surface area contributed by atoms with E-state index in [2.05, 4.69) is 54.2 Å². The zero-order valence-electron chi connectivity index (χ0n) is 13.1. The molecule has 1 aliphatic rings. The fraction of sp³-hybridized carbons (Fsp3) is 0.667. The zero-order valence-corrected chi connectivity index (χ0v) is 14.7. The molecule has 20 heavy (non-hydrogen) atoms. The number of aryl methyl sites for hydroxylation is 2. The smallest absolute Gasteiger partial charge is 0.0348 e. The monoisotopic (exact) mass is 337 g/mol. The Labute approximate surface area is 132 Å². The molecular weight excluding hydrogens is 310 g/mol. The molecule has 1 nitrogen and oxygen atoms in total. The average molecular weight is 338 g/mol. The Balaban J connectivity index is 2.27. The fourth-order valence-corrected chi connectivity index (χ4v) is 3.81. The van der Waals surface area contributed by atoms with E-state index in [1.165, 1.54) is 59.7 Å². The highest BCUT2D eigenvalue weighted by atomic mass is 79.9. The summed E-state index contributed by atoms with van der Waals surface area (Å²) in [5.41, 5.74) is 4.20. The van der Waals surface area contributed by atoms with Gasteiger partial charge < -0.3 is 5.32 Å². The first-order valence-corrected chi connectivity index (χ1v) is 8.92. The van der Waals surface area contributed by atoms with Gasteiger partial charge in [-0.3, -0.25) is 0 Å². The molecule has 0 spiro atoms. The van der Waals surface area contributed by atoms with Gasteiger partial charge in [-0.15, -0.1) is 0 Å². The zero-order chi connectivity index (χ0) is 14.5. The Morgan fingerprint density at radius 2 is 1.65 bits per heavy atom. The molecule has 0 saturated heterocycles. The van der Waals surface area contributed by atoms with Gasteiger partial charge in [0.2, 0.25) is 0 Å². The topological polar surface area (TPSA) is 12.0 Å². The van der Waals surface area contributed by atoms with Crippen molar-refractivity contribution >= 4 is 15.9 Å². The molecule has 0 bridgehead atoms. The van der Waals surface area contributed by atoms with E-state index in [1.54, 1.807) is 0 Å². The van der Waals surface area contributed by atoms with Gasteiger partial charge in [0.1, 0.15) is 0 Å².